The molecule has 0 saturated carbocycles. The highest BCUT2D eigenvalue weighted by molar-refractivity contribution is 5.96. The van der Waals surface area contributed by atoms with Gasteiger partial charge in [-0.2, -0.15) is 0 Å². The fourth-order valence-corrected chi connectivity index (χ4v) is 1.92. The van der Waals surface area contributed by atoms with Gasteiger partial charge in [0.1, 0.15) is 5.60 Å². The van der Waals surface area contributed by atoms with Gasteiger partial charge in [-0.05, 0) is 38.5 Å². The zero-order valence-electron chi connectivity index (χ0n) is 15.8. The van der Waals surface area contributed by atoms with E-state index in [2.05, 4.69) is 16.0 Å². The summed E-state index contributed by atoms with van der Waals surface area (Å²) >= 11 is 0. The molecule has 5 N–H and O–H groups in total. The predicted molar refractivity (Wildman–Crippen MR) is 98.7 cm³/mol. The summed E-state index contributed by atoms with van der Waals surface area (Å²) in [5.41, 5.74) is 5.56. The van der Waals surface area contributed by atoms with E-state index < -0.39 is 23.5 Å². The number of ether oxygens (including phenoxy) is 1. The minimum absolute atomic E-state index is 0.118. The van der Waals surface area contributed by atoms with Crippen molar-refractivity contribution in [2.45, 2.75) is 39.3 Å². The van der Waals surface area contributed by atoms with Gasteiger partial charge in [-0.15, -0.1) is 0 Å². The first kappa shape index (κ1) is 21.9. The highest BCUT2D eigenvalue weighted by atomic mass is 16.6. The van der Waals surface area contributed by atoms with Crippen molar-refractivity contribution in [2.24, 2.45) is 5.73 Å². The summed E-state index contributed by atoms with van der Waals surface area (Å²) < 4.78 is 5.07. The second-order valence-electron chi connectivity index (χ2n) is 6.80. The summed E-state index contributed by atoms with van der Waals surface area (Å²) in [6.45, 7) is 5.49. The van der Waals surface area contributed by atoms with E-state index >= 15 is 0 Å². The van der Waals surface area contributed by atoms with Crippen LogP contribution in [0.25, 0.3) is 0 Å². The lowest BCUT2D eigenvalue weighted by atomic mass is 10.1. The molecule has 0 atom stereocenters. The summed E-state index contributed by atoms with van der Waals surface area (Å²) in [5, 5.41) is 7.61. The zero-order valence-corrected chi connectivity index (χ0v) is 15.8. The summed E-state index contributed by atoms with van der Waals surface area (Å²) in [7, 11) is 0. The number of hydrogen-bond acceptors (Lipinski definition) is 5. The Morgan fingerprint density at radius 2 is 1.63 bits per heavy atom. The first-order chi connectivity index (χ1) is 12.6. The average Bonchev–Trinajstić information content (AvgIpc) is 2.56. The molecule has 0 unspecified atom stereocenters. The van der Waals surface area contributed by atoms with Gasteiger partial charge in [-0.1, -0.05) is 12.1 Å². The van der Waals surface area contributed by atoms with Crippen molar-refractivity contribution in [3.05, 3.63) is 35.4 Å². The van der Waals surface area contributed by atoms with Crippen LogP contribution in [-0.2, 0) is 20.9 Å². The van der Waals surface area contributed by atoms with Gasteiger partial charge in [0, 0.05) is 25.1 Å². The number of benzene rings is 1. The first-order valence-electron chi connectivity index (χ1n) is 8.46. The van der Waals surface area contributed by atoms with Gasteiger partial charge in [-0.3, -0.25) is 14.4 Å². The van der Waals surface area contributed by atoms with E-state index in [0.29, 0.717) is 5.56 Å². The van der Waals surface area contributed by atoms with Gasteiger partial charge in [0.2, 0.25) is 11.8 Å². The predicted octanol–water partition coefficient (Wildman–Crippen LogP) is 0.433. The standard InChI is InChI=1S/C18H26N4O5/c1-18(2,3)27-17(26)20-9-8-15(24)21-10-12-4-6-13(7-5-12)16(25)22-11-14(19)23/h4-7H,8-11H2,1-3H3,(H2,19,23)(H,20,26)(H,21,24)(H,22,25). The molecule has 148 valence electrons. The highest BCUT2D eigenvalue weighted by Gasteiger charge is 2.15. The van der Waals surface area contributed by atoms with Crippen LogP contribution in [0, 0.1) is 0 Å². The topological polar surface area (TPSA) is 140 Å². The van der Waals surface area contributed by atoms with E-state index in [1.807, 2.05) is 0 Å². The van der Waals surface area contributed by atoms with Crippen LogP contribution in [-0.4, -0.2) is 42.5 Å². The van der Waals surface area contributed by atoms with Crippen LogP contribution in [0.15, 0.2) is 24.3 Å². The maximum absolute atomic E-state index is 11.8. The molecule has 27 heavy (non-hydrogen) atoms. The van der Waals surface area contributed by atoms with Crippen LogP contribution < -0.4 is 21.7 Å². The van der Waals surface area contributed by atoms with E-state index in [1.54, 1.807) is 45.0 Å². The number of hydrogen-bond donors (Lipinski definition) is 4. The Kier molecular flexibility index (Phi) is 8.25. The van der Waals surface area contributed by atoms with Gasteiger partial charge < -0.3 is 26.4 Å². The van der Waals surface area contributed by atoms with Crippen molar-refractivity contribution in [1.29, 1.82) is 0 Å². The number of alkyl carbamates (subject to hydrolysis) is 1. The van der Waals surface area contributed by atoms with Gasteiger partial charge in [0.25, 0.3) is 5.91 Å². The van der Waals surface area contributed by atoms with Crippen LogP contribution in [0.5, 0.6) is 0 Å². The van der Waals surface area contributed by atoms with Crippen molar-refractivity contribution in [3.63, 3.8) is 0 Å². The van der Waals surface area contributed by atoms with Crippen molar-refractivity contribution in [1.82, 2.24) is 16.0 Å². The molecule has 1 aromatic carbocycles. The van der Waals surface area contributed by atoms with Gasteiger partial charge in [-0.25, -0.2) is 4.79 Å². The van der Waals surface area contributed by atoms with Gasteiger partial charge in [0.05, 0.1) is 6.54 Å². The average molecular weight is 378 g/mol. The Hall–Kier alpha value is -3.10. The van der Waals surface area contributed by atoms with E-state index in [-0.39, 0.29) is 32.0 Å². The maximum Gasteiger partial charge on any atom is 0.407 e. The molecule has 0 heterocycles. The van der Waals surface area contributed by atoms with Gasteiger partial charge in [0.15, 0.2) is 0 Å². The fraction of sp³-hybridized carbons (Fsp3) is 0.444. The van der Waals surface area contributed by atoms with Crippen molar-refractivity contribution >= 4 is 23.8 Å². The summed E-state index contributed by atoms with van der Waals surface area (Å²) in [6.07, 6.45) is -0.451. The lowest BCUT2D eigenvalue weighted by Gasteiger charge is -2.19. The highest BCUT2D eigenvalue weighted by Crippen LogP contribution is 2.06. The Morgan fingerprint density at radius 3 is 2.19 bits per heavy atom. The van der Waals surface area contributed by atoms with Crippen molar-refractivity contribution in [3.8, 4) is 0 Å². The third-order valence-electron chi connectivity index (χ3n) is 3.15. The Bertz CT molecular complexity index is 680. The molecule has 0 spiro atoms. The van der Waals surface area contributed by atoms with Crippen LogP contribution in [0.4, 0.5) is 4.79 Å². The molecule has 0 bridgehead atoms. The smallest absolute Gasteiger partial charge is 0.407 e. The molecule has 4 amide bonds. The van der Waals surface area contributed by atoms with E-state index in [0.717, 1.165) is 5.56 Å². The van der Waals surface area contributed by atoms with Crippen LogP contribution >= 0.6 is 0 Å². The van der Waals surface area contributed by atoms with E-state index in [9.17, 15) is 19.2 Å². The molecule has 0 saturated heterocycles. The third-order valence-corrected chi connectivity index (χ3v) is 3.15. The number of rotatable bonds is 8. The number of carbonyl (C=O) groups is 4. The zero-order chi connectivity index (χ0) is 20.4. The summed E-state index contributed by atoms with van der Waals surface area (Å²) in [5.74, 6) is -1.25. The molecule has 9 heteroatoms. The van der Waals surface area contributed by atoms with Crippen molar-refractivity contribution < 1.29 is 23.9 Å². The molecule has 0 aliphatic heterocycles. The molecular weight excluding hydrogens is 352 g/mol. The molecule has 0 aliphatic carbocycles. The van der Waals surface area contributed by atoms with Crippen LogP contribution in [0.2, 0.25) is 0 Å². The number of nitrogens with two attached hydrogens (primary N) is 1. The minimum atomic E-state index is -0.621. The monoisotopic (exact) mass is 378 g/mol. The SMILES string of the molecule is CC(C)(C)OC(=O)NCCC(=O)NCc1ccc(C(=O)NCC(N)=O)cc1. The molecule has 0 aliphatic rings. The lowest BCUT2D eigenvalue weighted by molar-refractivity contribution is -0.121. The molecule has 9 nitrogen and oxygen atoms in total. The maximum atomic E-state index is 11.8. The minimum Gasteiger partial charge on any atom is -0.444 e. The Labute approximate surface area is 158 Å². The summed E-state index contributed by atoms with van der Waals surface area (Å²) in [6, 6.07) is 6.56. The molecular formula is C18H26N4O5. The molecule has 0 radical (unpaired) electrons. The van der Waals surface area contributed by atoms with Gasteiger partial charge >= 0.3 is 6.09 Å². The molecule has 0 fully saturated rings. The van der Waals surface area contributed by atoms with Crippen LogP contribution in [0.1, 0.15) is 43.1 Å². The van der Waals surface area contributed by atoms with Crippen molar-refractivity contribution in [2.75, 3.05) is 13.1 Å². The number of primary amides is 1. The lowest BCUT2D eigenvalue weighted by Crippen LogP contribution is -2.35. The second-order valence-corrected chi connectivity index (χ2v) is 6.80. The molecule has 1 aromatic rings. The third kappa shape index (κ3) is 9.83. The fourth-order valence-electron chi connectivity index (χ4n) is 1.92. The largest absolute Gasteiger partial charge is 0.444 e. The normalized spacial score (nSPS) is 10.6. The Balaban J connectivity index is 2.32. The Morgan fingerprint density at radius 1 is 1.00 bits per heavy atom. The molecule has 1 rings (SSSR count). The second kappa shape index (κ2) is 10.1. The quantitative estimate of drug-likeness (QED) is 0.519. The van der Waals surface area contributed by atoms with E-state index in [4.69, 9.17) is 10.5 Å². The number of nitrogens with one attached hydrogen (secondary N) is 3. The number of carbonyl (C=O) groups excluding carboxylic acids is 4. The summed E-state index contributed by atoms with van der Waals surface area (Å²) in [4.78, 5) is 45.7. The first-order valence-corrected chi connectivity index (χ1v) is 8.46. The van der Waals surface area contributed by atoms with E-state index in [1.165, 1.54) is 0 Å². The van der Waals surface area contributed by atoms with Crippen LogP contribution in [0.3, 0.4) is 0 Å². The number of amides is 4. The molecule has 0 aromatic heterocycles.